The van der Waals surface area contributed by atoms with Crippen molar-refractivity contribution in [3.63, 3.8) is 0 Å². The molecule has 0 fully saturated rings. The van der Waals surface area contributed by atoms with Crippen LogP contribution in [0.25, 0.3) is 0 Å². The number of carbonyl (C=O) groups is 2. The number of nitrogens with zero attached hydrogens (tertiary/aromatic N) is 1. The molecule has 0 aliphatic rings. The molecule has 0 spiro atoms. The van der Waals surface area contributed by atoms with Crippen LogP contribution in [-0.2, 0) is 22.6 Å². The minimum atomic E-state index is -0.324. The molecule has 1 atom stereocenters. The van der Waals surface area contributed by atoms with Gasteiger partial charge in [0.1, 0.15) is 5.82 Å². The van der Waals surface area contributed by atoms with Crippen molar-refractivity contribution in [3.05, 3.63) is 101 Å². The highest BCUT2D eigenvalue weighted by Gasteiger charge is 2.18. The Hall–Kier alpha value is -3.47. The highest BCUT2D eigenvalue weighted by Crippen LogP contribution is 2.22. The number of benzene rings is 3. The van der Waals surface area contributed by atoms with Gasteiger partial charge in [-0.1, -0.05) is 68.4 Å². The van der Waals surface area contributed by atoms with Crippen LogP contribution >= 0.6 is 0 Å². The number of carbonyl (C=O) groups excluding carboxylic acids is 2. The summed E-state index contributed by atoms with van der Waals surface area (Å²) in [6, 6.07) is 23.5. The summed E-state index contributed by atoms with van der Waals surface area (Å²) >= 11 is 0. The summed E-state index contributed by atoms with van der Waals surface area (Å²) in [7, 11) is 0. The Labute approximate surface area is 195 Å². The van der Waals surface area contributed by atoms with E-state index in [2.05, 4.69) is 5.32 Å². The topological polar surface area (TPSA) is 49.4 Å². The van der Waals surface area contributed by atoms with E-state index in [0.717, 1.165) is 22.4 Å². The van der Waals surface area contributed by atoms with Gasteiger partial charge in [0.05, 0.1) is 19.0 Å². The molecule has 33 heavy (non-hydrogen) atoms. The summed E-state index contributed by atoms with van der Waals surface area (Å²) in [4.78, 5) is 27.1. The fourth-order valence-corrected chi connectivity index (χ4v) is 3.70. The van der Waals surface area contributed by atoms with Gasteiger partial charge < -0.3 is 10.2 Å². The van der Waals surface area contributed by atoms with Gasteiger partial charge in [-0.3, -0.25) is 9.59 Å². The Kier molecular flexibility index (Phi) is 8.36. The molecule has 0 heterocycles. The van der Waals surface area contributed by atoms with Crippen LogP contribution in [0.4, 0.5) is 10.1 Å². The maximum Gasteiger partial charge on any atom is 0.227 e. The van der Waals surface area contributed by atoms with Crippen LogP contribution in [0.15, 0.2) is 78.9 Å². The van der Waals surface area contributed by atoms with E-state index in [4.69, 9.17) is 0 Å². The van der Waals surface area contributed by atoms with Crippen molar-refractivity contribution >= 4 is 17.5 Å². The molecular weight excluding hydrogens is 415 g/mol. The van der Waals surface area contributed by atoms with Crippen LogP contribution < -0.4 is 10.2 Å². The maximum atomic E-state index is 13.7. The minimum absolute atomic E-state index is 0.0172. The lowest BCUT2D eigenvalue weighted by Gasteiger charge is -2.24. The van der Waals surface area contributed by atoms with E-state index in [-0.39, 0.29) is 42.6 Å². The minimum Gasteiger partial charge on any atom is -0.349 e. The zero-order valence-electron chi connectivity index (χ0n) is 19.4. The molecule has 172 valence electrons. The van der Waals surface area contributed by atoms with Gasteiger partial charge in [0.2, 0.25) is 11.8 Å². The molecular formula is C28H31FN2O2. The quantitative estimate of drug-likeness (QED) is 0.450. The maximum absolute atomic E-state index is 13.7. The summed E-state index contributed by atoms with van der Waals surface area (Å²) in [5.74, 6) is -0.194. The van der Waals surface area contributed by atoms with Crippen LogP contribution in [0.3, 0.4) is 0 Å². The molecule has 0 saturated carbocycles. The predicted molar refractivity (Wildman–Crippen MR) is 130 cm³/mol. The van der Waals surface area contributed by atoms with E-state index in [9.17, 15) is 14.0 Å². The average molecular weight is 447 g/mol. The van der Waals surface area contributed by atoms with Gasteiger partial charge in [-0.05, 0) is 53.8 Å². The standard InChI is InChI=1S/C28H31FN2O2/c1-20(2)16-28(33)31(19-23-8-7-11-25(29)17-23)26-14-12-22(13-15-26)18-27(32)30-21(3)24-9-5-4-6-10-24/h4-15,17,20-21H,16,18-19H2,1-3H3,(H,30,32)/t21-/m0/s1. The first-order chi connectivity index (χ1) is 15.8. The first-order valence-electron chi connectivity index (χ1n) is 11.3. The molecule has 0 aliphatic carbocycles. The molecule has 3 rings (SSSR count). The van der Waals surface area contributed by atoms with Crippen LogP contribution in [0.1, 0.15) is 49.9 Å². The van der Waals surface area contributed by atoms with E-state index in [0.29, 0.717) is 6.42 Å². The van der Waals surface area contributed by atoms with Gasteiger partial charge in [-0.25, -0.2) is 4.39 Å². The molecule has 3 aromatic carbocycles. The third kappa shape index (κ3) is 7.28. The first-order valence-corrected chi connectivity index (χ1v) is 11.3. The SMILES string of the molecule is CC(C)CC(=O)N(Cc1cccc(F)c1)c1ccc(CC(=O)N[C@@H](C)c2ccccc2)cc1. The van der Waals surface area contributed by atoms with Crippen LogP contribution in [-0.4, -0.2) is 11.8 Å². The summed E-state index contributed by atoms with van der Waals surface area (Å²) in [6.07, 6.45) is 0.651. The predicted octanol–water partition coefficient (Wildman–Crippen LogP) is 5.82. The fraction of sp³-hybridized carbons (Fsp3) is 0.286. The van der Waals surface area contributed by atoms with Gasteiger partial charge in [-0.15, -0.1) is 0 Å². The zero-order chi connectivity index (χ0) is 23.8. The lowest BCUT2D eigenvalue weighted by atomic mass is 10.1. The Bertz CT molecular complexity index is 1060. The third-order valence-electron chi connectivity index (χ3n) is 5.40. The number of anilines is 1. The Morgan fingerprint density at radius 1 is 0.879 bits per heavy atom. The molecule has 4 nitrogen and oxygen atoms in total. The summed E-state index contributed by atoms with van der Waals surface area (Å²) in [6.45, 7) is 6.24. The molecule has 0 bridgehead atoms. The zero-order valence-corrected chi connectivity index (χ0v) is 19.4. The van der Waals surface area contributed by atoms with E-state index >= 15 is 0 Å². The van der Waals surface area contributed by atoms with E-state index in [1.54, 1.807) is 11.0 Å². The number of amides is 2. The first kappa shape index (κ1) is 24.2. The molecule has 3 aromatic rings. The monoisotopic (exact) mass is 446 g/mol. The normalized spacial score (nSPS) is 11.8. The van der Waals surface area contributed by atoms with Crippen molar-refractivity contribution < 1.29 is 14.0 Å². The van der Waals surface area contributed by atoms with Gasteiger partial charge >= 0.3 is 0 Å². The second kappa shape index (κ2) is 11.4. The number of rotatable bonds is 9. The number of halogens is 1. The van der Waals surface area contributed by atoms with Crippen LogP contribution in [0.5, 0.6) is 0 Å². The van der Waals surface area contributed by atoms with Crippen molar-refractivity contribution in [1.82, 2.24) is 5.32 Å². The summed E-state index contributed by atoms with van der Waals surface area (Å²) in [5.41, 5.74) is 3.37. The largest absolute Gasteiger partial charge is 0.349 e. The van der Waals surface area contributed by atoms with Crippen molar-refractivity contribution in [2.24, 2.45) is 5.92 Å². The molecule has 0 aromatic heterocycles. The number of hydrogen-bond donors (Lipinski definition) is 1. The lowest BCUT2D eigenvalue weighted by molar-refractivity contribution is -0.121. The van der Waals surface area contributed by atoms with Gasteiger partial charge in [-0.2, -0.15) is 0 Å². The molecule has 1 N–H and O–H groups in total. The Balaban J connectivity index is 1.69. The number of hydrogen-bond acceptors (Lipinski definition) is 2. The second-order valence-corrected chi connectivity index (χ2v) is 8.75. The second-order valence-electron chi connectivity index (χ2n) is 8.75. The van der Waals surface area contributed by atoms with E-state index in [1.807, 2.05) is 81.4 Å². The molecule has 0 aliphatic heterocycles. The van der Waals surface area contributed by atoms with E-state index < -0.39 is 0 Å². The third-order valence-corrected chi connectivity index (χ3v) is 5.40. The van der Waals surface area contributed by atoms with Crippen molar-refractivity contribution in [1.29, 1.82) is 0 Å². The van der Waals surface area contributed by atoms with Gasteiger partial charge in [0.15, 0.2) is 0 Å². The van der Waals surface area contributed by atoms with Gasteiger partial charge in [0, 0.05) is 12.1 Å². The van der Waals surface area contributed by atoms with Crippen molar-refractivity contribution in [2.45, 2.75) is 46.2 Å². The Morgan fingerprint density at radius 2 is 1.58 bits per heavy atom. The summed E-state index contributed by atoms with van der Waals surface area (Å²) in [5, 5.41) is 3.02. The molecule has 2 amide bonds. The van der Waals surface area contributed by atoms with E-state index in [1.165, 1.54) is 12.1 Å². The molecule has 0 radical (unpaired) electrons. The number of nitrogens with one attached hydrogen (secondary N) is 1. The highest BCUT2D eigenvalue weighted by atomic mass is 19.1. The van der Waals surface area contributed by atoms with Gasteiger partial charge in [0.25, 0.3) is 0 Å². The highest BCUT2D eigenvalue weighted by molar-refractivity contribution is 5.93. The lowest BCUT2D eigenvalue weighted by Crippen LogP contribution is -2.31. The summed E-state index contributed by atoms with van der Waals surface area (Å²) < 4.78 is 13.7. The molecule has 0 unspecified atom stereocenters. The van der Waals surface area contributed by atoms with Crippen molar-refractivity contribution in [2.75, 3.05) is 4.90 Å². The smallest absolute Gasteiger partial charge is 0.227 e. The average Bonchev–Trinajstić information content (AvgIpc) is 2.78. The fourth-order valence-electron chi connectivity index (χ4n) is 3.70. The van der Waals surface area contributed by atoms with Crippen molar-refractivity contribution in [3.8, 4) is 0 Å². The van der Waals surface area contributed by atoms with Crippen LogP contribution in [0.2, 0.25) is 0 Å². The molecule has 0 saturated heterocycles. The Morgan fingerprint density at radius 3 is 2.21 bits per heavy atom. The van der Waals surface area contributed by atoms with Crippen LogP contribution in [0, 0.1) is 11.7 Å². The molecule has 5 heteroatoms.